The number of ether oxygens (including phenoxy) is 2. The first kappa shape index (κ1) is 24.6. The van der Waals surface area contributed by atoms with Crippen molar-refractivity contribution in [3.05, 3.63) is 60.2 Å². The summed E-state index contributed by atoms with van der Waals surface area (Å²) in [4.78, 5) is 25.0. The van der Waals surface area contributed by atoms with Crippen LogP contribution in [-0.2, 0) is 26.0 Å². The standard InChI is InChI=1S/C24H30N2O6S/c1-33(29,30)16-15-22(26-24(28)31-17-18-7-3-2-4-8-18)23(27)25-19-11-13-21(14-12-19)32-20-9-5-6-10-20/h2-4,7-8,11-14,20,22H,5-6,9-10,15-17H2,1H3,(H,25,27)(H,26,28). The molecule has 1 saturated carbocycles. The summed E-state index contributed by atoms with van der Waals surface area (Å²) in [6.07, 6.45) is 4.89. The van der Waals surface area contributed by atoms with Crippen molar-refractivity contribution in [2.45, 2.75) is 50.9 Å². The quantitative estimate of drug-likeness (QED) is 0.544. The van der Waals surface area contributed by atoms with Crippen LogP contribution in [0.1, 0.15) is 37.7 Å². The Balaban J connectivity index is 1.57. The predicted molar refractivity (Wildman–Crippen MR) is 126 cm³/mol. The highest BCUT2D eigenvalue weighted by Gasteiger charge is 2.23. The molecule has 0 spiro atoms. The van der Waals surface area contributed by atoms with Crippen molar-refractivity contribution in [2.75, 3.05) is 17.3 Å². The van der Waals surface area contributed by atoms with Gasteiger partial charge in [-0.25, -0.2) is 13.2 Å². The Hall–Kier alpha value is -3.07. The summed E-state index contributed by atoms with van der Waals surface area (Å²) in [5.41, 5.74) is 1.31. The highest BCUT2D eigenvalue weighted by molar-refractivity contribution is 7.90. The summed E-state index contributed by atoms with van der Waals surface area (Å²) in [5.74, 6) is -0.0472. The van der Waals surface area contributed by atoms with E-state index < -0.39 is 27.9 Å². The van der Waals surface area contributed by atoms with Crippen LogP contribution in [0.25, 0.3) is 0 Å². The van der Waals surface area contributed by atoms with Gasteiger partial charge in [0.1, 0.15) is 28.2 Å². The van der Waals surface area contributed by atoms with Gasteiger partial charge in [-0.2, -0.15) is 0 Å². The maximum absolute atomic E-state index is 12.8. The van der Waals surface area contributed by atoms with Crippen molar-refractivity contribution in [3.63, 3.8) is 0 Å². The smallest absolute Gasteiger partial charge is 0.408 e. The first-order valence-corrected chi connectivity index (χ1v) is 13.1. The Labute approximate surface area is 194 Å². The minimum atomic E-state index is -3.32. The fourth-order valence-corrected chi connectivity index (χ4v) is 4.22. The fraction of sp³-hybridized carbons (Fsp3) is 0.417. The van der Waals surface area contributed by atoms with Crippen LogP contribution in [0.15, 0.2) is 54.6 Å². The molecule has 2 aromatic rings. The molecule has 1 aliphatic carbocycles. The summed E-state index contributed by atoms with van der Waals surface area (Å²) in [6.45, 7) is 0.0372. The van der Waals surface area contributed by atoms with Gasteiger partial charge in [0.15, 0.2) is 0 Å². The zero-order valence-electron chi connectivity index (χ0n) is 18.7. The predicted octanol–water partition coefficient (Wildman–Crippen LogP) is 3.68. The molecule has 9 heteroatoms. The molecule has 0 bridgehead atoms. The van der Waals surface area contributed by atoms with Gasteiger partial charge in [-0.1, -0.05) is 30.3 Å². The Morgan fingerprint density at radius 3 is 2.33 bits per heavy atom. The number of alkyl carbamates (subject to hydrolysis) is 1. The lowest BCUT2D eigenvalue weighted by Crippen LogP contribution is -2.45. The normalized spacial score (nSPS) is 14.9. The number of hydrogen-bond acceptors (Lipinski definition) is 6. The van der Waals surface area contributed by atoms with Gasteiger partial charge in [-0.15, -0.1) is 0 Å². The monoisotopic (exact) mass is 474 g/mol. The van der Waals surface area contributed by atoms with Gasteiger partial charge >= 0.3 is 6.09 Å². The molecule has 1 fully saturated rings. The van der Waals surface area contributed by atoms with Crippen molar-refractivity contribution in [3.8, 4) is 5.75 Å². The van der Waals surface area contributed by atoms with E-state index in [1.165, 1.54) is 12.8 Å². The molecule has 0 heterocycles. The third-order valence-electron chi connectivity index (χ3n) is 5.33. The van der Waals surface area contributed by atoms with Crippen molar-refractivity contribution in [1.29, 1.82) is 0 Å². The van der Waals surface area contributed by atoms with Crippen LogP contribution in [0.5, 0.6) is 5.75 Å². The van der Waals surface area contributed by atoms with Crippen LogP contribution in [0.2, 0.25) is 0 Å². The molecule has 2 aromatic carbocycles. The lowest BCUT2D eigenvalue weighted by molar-refractivity contribution is -0.118. The van der Waals surface area contributed by atoms with E-state index in [2.05, 4.69) is 10.6 Å². The third kappa shape index (κ3) is 8.76. The molecular weight excluding hydrogens is 444 g/mol. The minimum Gasteiger partial charge on any atom is -0.490 e. The number of hydrogen-bond donors (Lipinski definition) is 2. The highest BCUT2D eigenvalue weighted by Crippen LogP contribution is 2.25. The fourth-order valence-electron chi connectivity index (χ4n) is 3.55. The van der Waals surface area contributed by atoms with Gasteiger partial charge in [-0.3, -0.25) is 4.79 Å². The number of carbonyl (C=O) groups is 2. The second-order valence-electron chi connectivity index (χ2n) is 8.22. The van der Waals surface area contributed by atoms with E-state index >= 15 is 0 Å². The summed E-state index contributed by atoms with van der Waals surface area (Å²) >= 11 is 0. The Kier molecular flexibility index (Phi) is 8.71. The molecule has 0 aliphatic heterocycles. The molecule has 33 heavy (non-hydrogen) atoms. The SMILES string of the molecule is CS(=O)(=O)CCC(NC(=O)OCc1ccccc1)C(=O)Nc1ccc(OC2CCCC2)cc1. The number of sulfone groups is 1. The number of anilines is 1. The first-order chi connectivity index (χ1) is 15.8. The summed E-state index contributed by atoms with van der Waals surface area (Å²) in [6, 6.07) is 15.0. The van der Waals surface area contributed by atoms with Gasteiger partial charge in [0.25, 0.3) is 0 Å². The van der Waals surface area contributed by atoms with E-state index in [1.807, 2.05) is 18.2 Å². The van der Waals surface area contributed by atoms with Gasteiger partial charge in [0, 0.05) is 11.9 Å². The average molecular weight is 475 g/mol. The largest absolute Gasteiger partial charge is 0.490 e. The van der Waals surface area contributed by atoms with Gasteiger partial charge in [0.05, 0.1) is 11.9 Å². The number of nitrogens with one attached hydrogen (secondary N) is 2. The van der Waals surface area contributed by atoms with Crippen LogP contribution in [0.4, 0.5) is 10.5 Å². The molecule has 0 saturated heterocycles. The van der Waals surface area contributed by atoms with Gasteiger partial charge < -0.3 is 20.1 Å². The average Bonchev–Trinajstić information content (AvgIpc) is 3.29. The first-order valence-electron chi connectivity index (χ1n) is 11.0. The Morgan fingerprint density at radius 2 is 1.70 bits per heavy atom. The van der Waals surface area contributed by atoms with E-state index in [0.717, 1.165) is 30.4 Å². The second-order valence-corrected chi connectivity index (χ2v) is 10.5. The molecule has 0 radical (unpaired) electrons. The molecule has 1 aliphatic rings. The van der Waals surface area contributed by atoms with E-state index in [4.69, 9.17) is 9.47 Å². The van der Waals surface area contributed by atoms with Crippen molar-refractivity contribution >= 4 is 27.5 Å². The zero-order valence-corrected chi connectivity index (χ0v) is 19.5. The van der Waals surface area contributed by atoms with Crippen LogP contribution >= 0.6 is 0 Å². The van der Waals surface area contributed by atoms with Crippen LogP contribution in [-0.4, -0.2) is 44.6 Å². The molecule has 0 aromatic heterocycles. The molecule has 1 atom stereocenters. The maximum Gasteiger partial charge on any atom is 0.408 e. The van der Waals surface area contributed by atoms with E-state index in [1.54, 1.807) is 36.4 Å². The molecular formula is C24H30N2O6S. The summed E-state index contributed by atoms with van der Waals surface area (Å²) in [5, 5.41) is 5.20. The van der Waals surface area contributed by atoms with Crippen molar-refractivity contribution < 1.29 is 27.5 Å². The van der Waals surface area contributed by atoms with Crippen molar-refractivity contribution in [1.82, 2.24) is 5.32 Å². The summed E-state index contributed by atoms with van der Waals surface area (Å²) < 4.78 is 34.3. The maximum atomic E-state index is 12.8. The molecule has 3 rings (SSSR count). The Bertz CT molecular complexity index is 1020. The van der Waals surface area contributed by atoms with Crippen LogP contribution < -0.4 is 15.4 Å². The van der Waals surface area contributed by atoms with E-state index in [-0.39, 0.29) is 24.9 Å². The molecule has 8 nitrogen and oxygen atoms in total. The molecule has 178 valence electrons. The topological polar surface area (TPSA) is 111 Å². The van der Waals surface area contributed by atoms with Crippen molar-refractivity contribution in [2.24, 2.45) is 0 Å². The lowest BCUT2D eigenvalue weighted by Gasteiger charge is -2.18. The number of benzene rings is 2. The molecule has 2 amide bonds. The number of rotatable bonds is 10. The van der Waals surface area contributed by atoms with E-state index in [9.17, 15) is 18.0 Å². The van der Waals surface area contributed by atoms with Crippen LogP contribution in [0, 0.1) is 0 Å². The second kappa shape index (κ2) is 11.7. The third-order valence-corrected chi connectivity index (χ3v) is 6.30. The molecule has 1 unspecified atom stereocenters. The minimum absolute atomic E-state index is 0.0372. The van der Waals surface area contributed by atoms with Crippen LogP contribution in [0.3, 0.4) is 0 Å². The number of amides is 2. The van der Waals surface area contributed by atoms with Gasteiger partial charge in [0.2, 0.25) is 5.91 Å². The lowest BCUT2D eigenvalue weighted by atomic mass is 10.2. The highest BCUT2D eigenvalue weighted by atomic mass is 32.2. The summed E-state index contributed by atoms with van der Waals surface area (Å²) in [7, 11) is -3.32. The van der Waals surface area contributed by atoms with E-state index in [0.29, 0.717) is 5.69 Å². The van der Waals surface area contributed by atoms with Gasteiger partial charge in [-0.05, 0) is 61.9 Å². The number of carbonyl (C=O) groups excluding carboxylic acids is 2. The Morgan fingerprint density at radius 1 is 1.03 bits per heavy atom. The zero-order chi connectivity index (χ0) is 23.7. The molecule has 2 N–H and O–H groups in total.